The zero-order valence-electron chi connectivity index (χ0n) is 13.6. The monoisotopic (exact) mass is 372 g/mol. The summed E-state index contributed by atoms with van der Waals surface area (Å²) in [5, 5.41) is 22.6. The fraction of sp³-hybridized carbons (Fsp3) is 0.118. The maximum atomic E-state index is 11.0. The van der Waals surface area contributed by atoms with Gasteiger partial charge in [-0.1, -0.05) is 23.7 Å². The minimum Gasteiger partial charge on any atom is -0.320 e. The average Bonchev–Trinajstić information content (AvgIpc) is 2.93. The SMILES string of the molecule is C/C(=C/c1nc2cc([N+](=O)[O-])ccc2n1Cc1ccc(Cl)cc1)[N+](=O)[O-]. The summed E-state index contributed by atoms with van der Waals surface area (Å²) in [6.45, 7) is 1.76. The van der Waals surface area contributed by atoms with Gasteiger partial charge in [0, 0.05) is 30.6 Å². The molecule has 8 nitrogen and oxygen atoms in total. The Balaban J connectivity index is 2.15. The van der Waals surface area contributed by atoms with Crippen molar-refractivity contribution in [2.75, 3.05) is 0 Å². The Bertz CT molecular complexity index is 1040. The molecule has 1 heterocycles. The summed E-state index contributed by atoms with van der Waals surface area (Å²) >= 11 is 5.90. The van der Waals surface area contributed by atoms with Gasteiger partial charge < -0.3 is 4.57 Å². The molecule has 0 aliphatic heterocycles. The molecule has 0 aliphatic carbocycles. The Morgan fingerprint density at radius 3 is 2.50 bits per heavy atom. The minimum absolute atomic E-state index is 0.0767. The van der Waals surface area contributed by atoms with E-state index in [2.05, 4.69) is 4.98 Å². The first-order valence-electron chi connectivity index (χ1n) is 7.57. The van der Waals surface area contributed by atoms with Crippen LogP contribution in [0, 0.1) is 20.2 Å². The maximum absolute atomic E-state index is 11.0. The molecule has 0 fully saturated rings. The van der Waals surface area contributed by atoms with E-state index in [-0.39, 0.29) is 11.4 Å². The Labute approximate surface area is 152 Å². The smallest absolute Gasteiger partial charge is 0.271 e. The third kappa shape index (κ3) is 3.55. The number of hydrogen-bond acceptors (Lipinski definition) is 5. The van der Waals surface area contributed by atoms with Gasteiger partial charge in [0.25, 0.3) is 5.69 Å². The van der Waals surface area contributed by atoms with Gasteiger partial charge in [-0.2, -0.15) is 0 Å². The van der Waals surface area contributed by atoms with E-state index in [1.54, 1.807) is 22.8 Å². The van der Waals surface area contributed by atoms with Crippen LogP contribution in [-0.2, 0) is 6.54 Å². The van der Waals surface area contributed by atoms with Gasteiger partial charge >= 0.3 is 0 Å². The van der Waals surface area contributed by atoms with Crippen LogP contribution >= 0.6 is 11.6 Å². The van der Waals surface area contributed by atoms with Crippen LogP contribution in [0.5, 0.6) is 0 Å². The number of fused-ring (bicyclic) bond motifs is 1. The first kappa shape index (κ1) is 17.6. The summed E-state index contributed by atoms with van der Waals surface area (Å²) in [5.41, 5.74) is 1.80. The molecule has 0 N–H and O–H groups in total. The number of aromatic nitrogens is 2. The number of non-ortho nitro benzene ring substituents is 1. The van der Waals surface area contributed by atoms with Crippen molar-refractivity contribution in [2.45, 2.75) is 13.5 Å². The van der Waals surface area contributed by atoms with Crippen LogP contribution in [0.4, 0.5) is 5.69 Å². The molecule has 0 atom stereocenters. The van der Waals surface area contributed by atoms with Crippen molar-refractivity contribution < 1.29 is 9.85 Å². The Kier molecular flexibility index (Phi) is 4.68. The molecule has 0 aliphatic rings. The molecular weight excluding hydrogens is 360 g/mol. The fourth-order valence-electron chi connectivity index (χ4n) is 2.54. The predicted octanol–water partition coefficient (Wildman–Crippen LogP) is 4.28. The van der Waals surface area contributed by atoms with Crippen molar-refractivity contribution in [3.8, 4) is 0 Å². The Morgan fingerprint density at radius 1 is 1.19 bits per heavy atom. The number of allylic oxidation sites excluding steroid dienone is 1. The van der Waals surface area contributed by atoms with Crippen molar-refractivity contribution >= 4 is 34.4 Å². The number of nitrogens with zero attached hydrogens (tertiary/aromatic N) is 4. The molecule has 0 saturated heterocycles. The lowest BCUT2D eigenvalue weighted by Gasteiger charge is -2.07. The zero-order chi connectivity index (χ0) is 18.8. The predicted molar refractivity (Wildman–Crippen MR) is 97.6 cm³/mol. The lowest BCUT2D eigenvalue weighted by molar-refractivity contribution is -0.422. The topological polar surface area (TPSA) is 104 Å². The van der Waals surface area contributed by atoms with Crippen LogP contribution < -0.4 is 0 Å². The highest BCUT2D eigenvalue weighted by Gasteiger charge is 2.16. The molecule has 0 unspecified atom stereocenters. The van der Waals surface area contributed by atoms with E-state index in [1.165, 1.54) is 25.1 Å². The second kappa shape index (κ2) is 6.93. The van der Waals surface area contributed by atoms with Gasteiger partial charge in [-0.05, 0) is 23.8 Å². The third-order valence-corrected chi connectivity index (χ3v) is 4.10. The molecule has 9 heteroatoms. The highest BCUT2D eigenvalue weighted by molar-refractivity contribution is 6.30. The molecule has 26 heavy (non-hydrogen) atoms. The Hall–Kier alpha value is -3.26. The summed E-state index contributed by atoms with van der Waals surface area (Å²) < 4.78 is 1.77. The molecule has 1 aromatic heterocycles. The number of nitro groups is 2. The first-order valence-corrected chi connectivity index (χ1v) is 7.95. The summed E-state index contributed by atoms with van der Waals surface area (Å²) in [5.74, 6) is 0.352. The van der Waals surface area contributed by atoms with Gasteiger partial charge in [-0.3, -0.25) is 20.2 Å². The lowest BCUT2D eigenvalue weighted by Crippen LogP contribution is -2.03. The standard InChI is InChI=1S/C17H13ClN4O4/c1-11(21(23)24)8-17-19-15-9-14(22(25)26)6-7-16(15)20(17)10-12-2-4-13(18)5-3-12/h2-9H,10H2,1H3/b11-8-. The van der Waals surface area contributed by atoms with E-state index in [1.807, 2.05) is 12.1 Å². The number of imidazole rings is 1. The number of halogens is 1. The summed E-state index contributed by atoms with van der Waals surface area (Å²) in [6.07, 6.45) is 1.35. The highest BCUT2D eigenvalue weighted by Crippen LogP contribution is 2.24. The van der Waals surface area contributed by atoms with Crippen LogP contribution in [-0.4, -0.2) is 19.4 Å². The van der Waals surface area contributed by atoms with Gasteiger partial charge in [-0.15, -0.1) is 0 Å². The lowest BCUT2D eigenvalue weighted by atomic mass is 10.2. The first-order chi connectivity index (χ1) is 12.3. The highest BCUT2D eigenvalue weighted by atomic mass is 35.5. The number of nitro benzene ring substituents is 1. The fourth-order valence-corrected chi connectivity index (χ4v) is 2.66. The van der Waals surface area contributed by atoms with Crippen LogP contribution in [0.25, 0.3) is 17.1 Å². The molecule has 0 bridgehead atoms. The molecule has 0 radical (unpaired) electrons. The number of rotatable bonds is 5. The van der Waals surface area contributed by atoms with Gasteiger partial charge in [0.15, 0.2) is 0 Å². The molecular formula is C17H13ClN4O4. The molecule has 2 aromatic carbocycles. The van der Waals surface area contributed by atoms with E-state index in [0.29, 0.717) is 28.4 Å². The van der Waals surface area contributed by atoms with Crippen molar-refractivity contribution in [1.29, 1.82) is 0 Å². The van der Waals surface area contributed by atoms with Crippen LogP contribution in [0.3, 0.4) is 0 Å². The van der Waals surface area contributed by atoms with Crippen LogP contribution in [0.2, 0.25) is 5.02 Å². The van der Waals surface area contributed by atoms with E-state index in [4.69, 9.17) is 11.6 Å². The van der Waals surface area contributed by atoms with E-state index in [9.17, 15) is 20.2 Å². The average molecular weight is 373 g/mol. The van der Waals surface area contributed by atoms with Crippen molar-refractivity contribution in [1.82, 2.24) is 9.55 Å². The molecule has 3 aromatic rings. The normalized spacial score (nSPS) is 11.7. The molecule has 0 saturated carbocycles. The van der Waals surface area contributed by atoms with Crippen molar-refractivity contribution in [3.63, 3.8) is 0 Å². The molecule has 3 rings (SSSR count). The maximum Gasteiger partial charge on any atom is 0.271 e. The second-order valence-corrected chi connectivity index (χ2v) is 6.09. The zero-order valence-corrected chi connectivity index (χ0v) is 14.4. The van der Waals surface area contributed by atoms with Crippen LogP contribution in [0.15, 0.2) is 48.2 Å². The largest absolute Gasteiger partial charge is 0.320 e. The summed E-state index contributed by atoms with van der Waals surface area (Å²) in [6, 6.07) is 11.5. The summed E-state index contributed by atoms with van der Waals surface area (Å²) in [4.78, 5) is 25.3. The van der Waals surface area contributed by atoms with Crippen molar-refractivity contribution in [3.05, 3.63) is 84.8 Å². The second-order valence-electron chi connectivity index (χ2n) is 5.66. The van der Waals surface area contributed by atoms with Gasteiger partial charge in [0.1, 0.15) is 5.82 Å². The van der Waals surface area contributed by atoms with E-state index in [0.717, 1.165) is 5.56 Å². The Morgan fingerprint density at radius 2 is 1.88 bits per heavy atom. The quantitative estimate of drug-likeness (QED) is 0.491. The molecule has 0 spiro atoms. The minimum atomic E-state index is -0.506. The van der Waals surface area contributed by atoms with Gasteiger partial charge in [0.2, 0.25) is 5.70 Å². The number of hydrogen-bond donors (Lipinski definition) is 0. The van der Waals surface area contributed by atoms with E-state index >= 15 is 0 Å². The van der Waals surface area contributed by atoms with Gasteiger partial charge in [0.05, 0.1) is 27.0 Å². The van der Waals surface area contributed by atoms with E-state index < -0.39 is 9.85 Å². The molecule has 0 amide bonds. The van der Waals surface area contributed by atoms with Gasteiger partial charge in [-0.25, -0.2) is 4.98 Å². The summed E-state index contributed by atoms with van der Waals surface area (Å²) in [7, 11) is 0. The molecule has 132 valence electrons. The number of benzene rings is 2. The van der Waals surface area contributed by atoms with Crippen LogP contribution in [0.1, 0.15) is 18.3 Å². The van der Waals surface area contributed by atoms with Crippen molar-refractivity contribution in [2.24, 2.45) is 0 Å². The third-order valence-electron chi connectivity index (χ3n) is 3.85.